The predicted molar refractivity (Wildman–Crippen MR) is 116 cm³/mol. The van der Waals surface area contributed by atoms with Crippen LogP contribution in [0.4, 0.5) is 0 Å². The average molecular weight is 419 g/mol. The molecule has 4 rings (SSSR count). The number of aryl methyl sites for hydroxylation is 1. The van der Waals surface area contributed by atoms with Gasteiger partial charge in [-0.2, -0.15) is 0 Å². The summed E-state index contributed by atoms with van der Waals surface area (Å²) in [5.41, 5.74) is 1.80. The van der Waals surface area contributed by atoms with Gasteiger partial charge in [-0.3, -0.25) is 4.90 Å². The molecule has 0 saturated heterocycles. The molecule has 0 N–H and O–H groups in total. The minimum atomic E-state index is -3.45. The van der Waals surface area contributed by atoms with E-state index >= 15 is 0 Å². The molecule has 0 atom stereocenters. The molecule has 0 unspecified atom stereocenters. The van der Waals surface area contributed by atoms with Gasteiger partial charge < -0.3 is 4.57 Å². The van der Waals surface area contributed by atoms with Crippen molar-refractivity contribution >= 4 is 21.1 Å². The van der Waals surface area contributed by atoms with Gasteiger partial charge in [0.05, 0.1) is 22.5 Å². The number of aromatic nitrogens is 2. The van der Waals surface area contributed by atoms with Gasteiger partial charge in [-0.1, -0.05) is 6.92 Å². The molecule has 1 heterocycles. The zero-order valence-corrected chi connectivity index (χ0v) is 19.0. The van der Waals surface area contributed by atoms with E-state index in [-0.39, 0.29) is 0 Å². The van der Waals surface area contributed by atoms with Crippen LogP contribution < -0.4 is 0 Å². The van der Waals surface area contributed by atoms with E-state index in [1.807, 2.05) is 6.07 Å². The van der Waals surface area contributed by atoms with Crippen LogP contribution in [0.5, 0.6) is 0 Å². The summed E-state index contributed by atoms with van der Waals surface area (Å²) in [7, 11) is -0.327. The summed E-state index contributed by atoms with van der Waals surface area (Å²) in [6, 6.07) is 6.70. The van der Waals surface area contributed by atoms with Gasteiger partial charge in [0.1, 0.15) is 5.82 Å². The molecule has 160 valence electrons. The van der Waals surface area contributed by atoms with Gasteiger partial charge >= 0.3 is 0 Å². The summed E-state index contributed by atoms with van der Waals surface area (Å²) in [6.07, 6.45) is 7.81. The summed E-state index contributed by atoms with van der Waals surface area (Å²) in [5, 5.41) is 0. The van der Waals surface area contributed by atoms with Gasteiger partial charge in [-0.05, 0) is 69.6 Å². The standard InChI is InChI=1S/C22H34N4O2S/c1-5-25-21-13-12-19(29(27,28)24(3)4)14-20(21)23-22(25)15-26(18-10-11-18)17-8-6-16(2)7-9-17/h12-14,16-18H,5-11,15H2,1-4H3. The van der Waals surface area contributed by atoms with E-state index in [9.17, 15) is 8.42 Å². The van der Waals surface area contributed by atoms with Crippen LogP contribution in [-0.4, -0.2) is 53.4 Å². The van der Waals surface area contributed by atoms with Crippen molar-refractivity contribution < 1.29 is 8.42 Å². The first-order valence-electron chi connectivity index (χ1n) is 11.0. The molecule has 2 saturated carbocycles. The van der Waals surface area contributed by atoms with Crippen molar-refractivity contribution in [1.82, 2.24) is 18.8 Å². The second kappa shape index (κ2) is 8.00. The molecule has 1 aromatic carbocycles. The lowest BCUT2D eigenvalue weighted by molar-refractivity contribution is 0.120. The molecule has 7 heteroatoms. The van der Waals surface area contributed by atoms with Crippen molar-refractivity contribution in [2.45, 2.75) is 82.4 Å². The third-order valence-electron chi connectivity index (χ3n) is 6.69. The highest BCUT2D eigenvalue weighted by Gasteiger charge is 2.36. The van der Waals surface area contributed by atoms with E-state index in [0.717, 1.165) is 35.9 Å². The summed E-state index contributed by atoms with van der Waals surface area (Å²) in [4.78, 5) is 7.91. The van der Waals surface area contributed by atoms with E-state index in [2.05, 4.69) is 23.3 Å². The normalized spacial score (nSPS) is 23.4. The SMILES string of the molecule is CCn1c(CN(C2CCC(C)CC2)C2CC2)nc2cc(S(=O)(=O)N(C)C)ccc21. The summed E-state index contributed by atoms with van der Waals surface area (Å²) in [6.45, 7) is 6.21. The van der Waals surface area contributed by atoms with Crippen LogP contribution in [0.1, 0.15) is 58.2 Å². The van der Waals surface area contributed by atoms with Crippen molar-refractivity contribution in [3.05, 3.63) is 24.0 Å². The zero-order chi connectivity index (χ0) is 20.8. The summed E-state index contributed by atoms with van der Waals surface area (Å²) >= 11 is 0. The Labute approximate surface area is 174 Å². The van der Waals surface area contributed by atoms with Crippen LogP contribution in [0.3, 0.4) is 0 Å². The van der Waals surface area contributed by atoms with E-state index in [1.165, 1.54) is 42.8 Å². The van der Waals surface area contributed by atoms with E-state index in [4.69, 9.17) is 4.98 Å². The second-order valence-electron chi connectivity index (χ2n) is 9.03. The maximum Gasteiger partial charge on any atom is 0.242 e. The first-order chi connectivity index (χ1) is 13.8. The fourth-order valence-electron chi connectivity index (χ4n) is 4.70. The monoisotopic (exact) mass is 418 g/mol. The van der Waals surface area contributed by atoms with E-state index in [1.54, 1.807) is 26.2 Å². The Hall–Kier alpha value is -1.44. The minimum absolute atomic E-state index is 0.308. The van der Waals surface area contributed by atoms with Crippen LogP contribution in [0, 0.1) is 5.92 Å². The average Bonchev–Trinajstić information content (AvgIpc) is 3.47. The van der Waals surface area contributed by atoms with Gasteiger partial charge in [-0.15, -0.1) is 0 Å². The highest BCUT2D eigenvalue weighted by Crippen LogP contribution is 2.36. The number of hydrogen-bond acceptors (Lipinski definition) is 4. The fraction of sp³-hybridized carbons (Fsp3) is 0.682. The minimum Gasteiger partial charge on any atom is -0.327 e. The number of hydrogen-bond donors (Lipinski definition) is 0. The van der Waals surface area contributed by atoms with Gasteiger partial charge in [-0.25, -0.2) is 17.7 Å². The largest absolute Gasteiger partial charge is 0.327 e. The molecule has 29 heavy (non-hydrogen) atoms. The molecule has 1 aromatic heterocycles. The third-order valence-corrected chi connectivity index (χ3v) is 8.50. The number of imidazole rings is 1. The van der Waals surface area contributed by atoms with E-state index in [0.29, 0.717) is 17.0 Å². The molecule has 0 spiro atoms. The van der Waals surface area contributed by atoms with Gasteiger partial charge in [0.25, 0.3) is 0 Å². The Bertz CT molecular complexity index is 970. The van der Waals surface area contributed by atoms with Crippen LogP contribution in [0.15, 0.2) is 23.1 Å². The maximum atomic E-state index is 12.5. The van der Waals surface area contributed by atoms with Crippen LogP contribution in [0.2, 0.25) is 0 Å². The fourth-order valence-corrected chi connectivity index (χ4v) is 5.63. The number of nitrogens with zero attached hydrogens (tertiary/aromatic N) is 4. The zero-order valence-electron chi connectivity index (χ0n) is 18.1. The smallest absolute Gasteiger partial charge is 0.242 e. The highest BCUT2D eigenvalue weighted by molar-refractivity contribution is 7.89. The van der Waals surface area contributed by atoms with Gasteiger partial charge in [0.2, 0.25) is 10.0 Å². The first kappa shape index (κ1) is 20.8. The Balaban J connectivity index is 1.65. The summed E-state index contributed by atoms with van der Waals surface area (Å²) in [5.74, 6) is 1.91. The molecular formula is C22H34N4O2S. The number of rotatable bonds is 7. The number of sulfonamides is 1. The van der Waals surface area contributed by atoms with Crippen molar-refractivity contribution in [3.63, 3.8) is 0 Å². The molecule has 0 bridgehead atoms. The number of fused-ring (bicyclic) bond motifs is 1. The topological polar surface area (TPSA) is 58.4 Å². The first-order valence-corrected chi connectivity index (χ1v) is 12.4. The Morgan fingerprint density at radius 2 is 1.69 bits per heavy atom. The second-order valence-corrected chi connectivity index (χ2v) is 11.2. The highest BCUT2D eigenvalue weighted by atomic mass is 32.2. The lowest BCUT2D eigenvalue weighted by Crippen LogP contribution is -2.39. The maximum absolute atomic E-state index is 12.5. The lowest BCUT2D eigenvalue weighted by Gasteiger charge is -2.36. The van der Waals surface area contributed by atoms with Gasteiger partial charge in [0, 0.05) is 32.7 Å². The summed E-state index contributed by atoms with van der Waals surface area (Å²) < 4.78 is 28.6. The Morgan fingerprint density at radius 1 is 1.07 bits per heavy atom. The number of benzene rings is 1. The molecule has 2 aliphatic rings. The van der Waals surface area contributed by atoms with Crippen LogP contribution in [-0.2, 0) is 23.1 Å². The lowest BCUT2D eigenvalue weighted by atomic mass is 9.86. The van der Waals surface area contributed by atoms with Gasteiger partial charge in [0.15, 0.2) is 0 Å². The third kappa shape index (κ3) is 4.09. The molecule has 0 radical (unpaired) electrons. The van der Waals surface area contributed by atoms with Crippen molar-refractivity contribution in [3.8, 4) is 0 Å². The molecule has 0 aliphatic heterocycles. The quantitative estimate of drug-likeness (QED) is 0.685. The molecule has 0 amide bonds. The van der Waals surface area contributed by atoms with E-state index < -0.39 is 10.0 Å². The van der Waals surface area contributed by atoms with Crippen molar-refractivity contribution in [2.24, 2.45) is 5.92 Å². The molecular weight excluding hydrogens is 384 g/mol. The van der Waals surface area contributed by atoms with Crippen LogP contribution >= 0.6 is 0 Å². The van der Waals surface area contributed by atoms with Crippen molar-refractivity contribution in [1.29, 1.82) is 0 Å². The van der Waals surface area contributed by atoms with Crippen molar-refractivity contribution in [2.75, 3.05) is 14.1 Å². The Kier molecular flexibility index (Phi) is 5.75. The predicted octanol–water partition coefficient (Wildman–Crippen LogP) is 3.85. The molecule has 2 aromatic rings. The molecule has 2 aliphatic carbocycles. The Morgan fingerprint density at radius 3 is 2.24 bits per heavy atom. The molecule has 6 nitrogen and oxygen atoms in total. The van der Waals surface area contributed by atoms with Crippen LogP contribution in [0.25, 0.3) is 11.0 Å². The molecule has 2 fully saturated rings.